The number of hydrogen-bond donors (Lipinski definition) is 0. The Morgan fingerprint density at radius 3 is 2.31 bits per heavy atom. The van der Waals surface area contributed by atoms with E-state index in [1.165, 1.54) is 0 Å². The van der Waals surface area contributed by atoms with E-state index in [4.69, 9.17) is 12.2 Å². The van der Waals surface area contributed by atoms with Crippen LogP contribution in [-0.2, 0) is 0 Å². The Hall–Kier alpha value is -1.16. The summed E-state index contributed by atoms with van der Waals surface area (Å²) < 4.78 is 5.14. The second-order valence-electron chi connectivity index (χ2n) is 4.56. The first-order valence-electron chi connectivity index (χ1n) is 5.61. The SMILES string of the molecule is CC(C)n1c(=S)n(C(C)C)c2ncccc21. The van der Waals surface area contributed by atoms with Gasteiger partial charge >= 0.3 is 0 Å². The molecular weight excluding hydrogens is 218 g/mol. The third-order valence-corrected chi connectivity index (χ3v) is 3.09. The maximum Gasteiger partial charge on any atom is 0.182 e. The van der Waals surface area contributed by atoms with E-state index < -0.39 is 0 Å². The molecule has 4 heteroatoms. The smallest absolute Gasteiger partial charge is 0.182 e. The van der Waals surface area contributed by atoms with E-state index in [1.54, 1.807) is 0 Å². The van der Waals surface area contributed by atoms with E-state index in [0.29, 0.717) is 12.1 Å². The molecule has 2 aromatic rings. The zero-order chi connectivity index (χ0) is 11.9. The molecule has 0 aliphatic carbocycles. The van der Waals surface area contributed by atoms with Crippen LogP contribution in [0.3, 0.4) is 0 Å². The number of pyridine rings is 1. The summed E-state index contributed by atoms with van der Waals surface area (Å²) in [5.74, 6) is 0. The molecule has 0 atom stereocenters. The van der Waals surface area contributed by atoms with Crippen LogP contribution in [0.15, 0.2) is 18.3 Å². The molecule has 3 nitrogen and oxygen atoms in total. The average Bonchev–Trinajstić information content (AvgIpc) is 2.49. The lowest BCUT2D eigenvalue weighted by molar-refractivity contribution is 0.549. The fourth-order valence-corrected chi connectivity index (χ4v) is 2.64. The Kier molecular flexibility index (Phi) is 2.84. The van der Waals surface area contributed by atoms with E-state index in [1.807, 2.05) is 12.3 Å². The van der Waals surface area contributed by atoms with Crippen LogP contribution < -0.4 is 0 Å². The van der Waals surface area contributed by atoms with Crippen molar-refractivity contribution >= 4 is 23.4 Å². The number of fused-ring (bicyclic) bond motifs is 1. The van der Waals surface area contributed by atoms with Crippen molar-refractivity contribution < 1.29 is 0 Å². The minimum absolute atomic E-state index is 0.338. The fourth-order valence-electron chi connectivity index (χ4n) is 2.04. The topological polar surface area (TPSA) is 22.8 Å². The van der Waals surface area contributed by atoms with Crippen LogP contribution in [0.5, 0.6) is 0 Å². The number of imidazole rings is 1. The summed E-state index contributed by atoms with van der Waals surface area (Å²) >= 11 is 5.53. The molecule has 0 aliphatic rings. The molecule has 0 amide bonds. The zero-order valence-electron chi connectivity index (χ0n) is 10.1. The van der Waals surface area contributed by atoms with Gasteiger partial charge in [0.15, 0.2) is 10.4 Å². The molecule has 2 heterocycles. The summed E-state index contributed by atoms with van der Waals surface area (Å²) in [5, 5.41) is 0. The lowest BCUT2D eigenvalue weighted by Crippen LogP contribution is -2.05. The summed E-state index contributed by atoms with van der Waals surface area (Å²) in [6.07, 6.45) is 1.82. The molecule has 0 spiro atoms. The quantitative estimate of drug-likeness (QED) is 0.740. The van der Waals surface area contributed by atoms with E-state index in [2.05, 4.69) is 47.9 Å². The van der Waals surface area contributed by atoms with Crippen molar-refractivity contribution in [2.24, 2.45) is 0 Å². The monoisotopic (exact) mass is 235 g/mol. The van der Waals surface area contributed by atoms with Crippen molar-refractivity contribution in [3.63, 3.8) is 0 Å². The van der Waals surface area contributed by atoms with Crippen LogP contribution in [0, 0.1) is 4.77 Å². The predicted octanol–water partition coefficient (Wildman–Crippen LogP) is 3.73. The molecule has 2 aromatic heterocycles. The normalized spacial score (nSPS) is 11.9. The molecule has 0 N–H and O–H groups in total. The molecule has 0 aliphatic heterocycles. The minimum atomic E-state index is 0.338. The van der Waals surface area contributed by atoms with Crippen molar-refractivity contribution in [3.05, 3.63) is 23.1 Å². The number of rotatable bonds is 2. The van der Waals surface area contributed by atoms with E-state index in [9.17, 15) is 0 Å². The zero-order valence-corrected chi connectivity index (χ0v) is 11.0. The first-order chi connectivity index (χ1) is 7.54. The van der Waals surface area contributed by atoms with E-state index in [-0.39, 0.29) is 0 Å². The van der Waals surface area contributed by atoms with Crippen LogP contribution in [-0.4, -0.2) is 14.1 Å². The van der Waals surface area contributed by atoms with E-state index >= 15 is 0 Å². The Morgan fingerprint density at radius 1 is 1.12 bits per heavy atom. The molecule has 0 unspecified atom stereocenters. The van der Waals surface area contributed by atoms with E-state index in [0.717, 1.165) is 15.9 Å². The molecule has 0 radical (unpaired) electrons. The average molecular weight is 235 g/mol. The third-order valence-electron chi connectivity index (χ3n) is 2.70. The molecule has 0 fully saturated rings. The number of hydrogen-bond acceptors (Lipinski definition) is 2. The molecule has 86 valence electrons. The highest BCUT2D eigenvalue weighted by molar-refractivity contribution is 7.71. The molecule has 0 aromatic carbocycles. The summed E-state index contributed by atoms with van der Waals surface area (Å²) in [5.41, 5.74) is 2.10. The van der Waals surface area contributed by atoms with Gasteiger partial charge in [0.25, 0.3) is 0 Å². The van der Waals surface area contributed by atoms with Crippen molar-refractivity contribution in [1.82, 2.24) is 14.1 Å². The second kappa shape index (κ2) is 4.01. The summed E-state index contributed by atoms with van der Waals surface area (Å²) in [6, 6.07) is 4.74. The number of aromatic nitrogens is 3. The fraction of sp³-hybridized carbons (Fsp3) is 0.500. The second-order valence-corrected chi connectivity index (χ2v) is 4.92. The summed E-state index contributed by atoms with van der Waals surface area (Å²) in [7, 11) is 0. The van der Waals surface area contributed by atoms with Gasteiger partial charge in [-0.05, 0) is 52.0 Å². The standard InChI is InChI=1S/C12H17N3S/c1-8(2)14-10-6-5-7-13-11(10)15(9(3)4)12(14)16/h5-9H,1-4H3. The highest BCUT2D eigenvalue weighted by Crippen LogP contribution is 2.23. The van der Waals surface area contributed by atoms with Crippen molar-refractivity contribution in [2.45, 2.75) is 39.8 Å². The first kappa shape index (κ1) is 11.3. The predicted molar refractivity (Wildman–Crippen MR) is 69.3 cm³/mol. The Balaban J connectivity index is 2.92. The lowest BCUT2D eigenvalue weighted by Gasteiger charge is -2.09. The Bertz CT molecular complexity index is 515. The molecule has 2 rings (SSSR count). The number of nitrogens with zero attached hydrogens (tertiary/aromatic N) is 3. The van der Waals surface area contributed by atoms with Crippen LogP contribution in [0.1, 0.15) is 39.8 Å². The van der Waals surface area contributed by atoms with Gasteiger partial charge in [0, 0.05) is 18.3 Å². The van der Waals surface area contributed by atoms with Crippen molar-refractivity contribution in [3.8, 4) is 0 Å². The van der Waals surface area contributed by atoms with Crippen LogP contribution in [0.4, 0.5) is 0 Å². The molecule has 0 saturated heterocycles. The van der Waals surface area contributed by atoms with Gasteiger partial charge < -0.3 is 4.57 Å². The van der Waals surface area contributed by atoms with Gasteiger partial charge in [-0.3, -0.25) is 4.57 Å². The maximum atomic E-state index is 5.53. The molecule has 0 bridgehead atoms. The highest BCUT2D eigenvalue weighted by atomic mass is 32.1. The van der Waals surface area contributed by atoms with Gasteiger partial charge in [-0.1, -0.05) is 0 Å². The highest BCUT2D eigenvalue weighted by Gasteiger charge is 2.14. The van der Waals surface area contributed by atoms with Gasteiger partial charge in [-0.2, -0.15) is 0 Å². The molecule has 0 saturated carbocycles. The van der Waals surface area contributed by atoms with Crippen molar-refractivity contribution in [1.29, 1.82) is 0 Å². The third kappa shape index (κ3) is 1.57. The molecule has 16 heavy (non-hydrogen) atoms. The van der Waals surface area contributed by atoms with Gasteiger partial charge in [-0.25, -0.2) is 4.98 Å². The van der Waals surface area contributed by atoms with Gasteiger partial charge in [0.2, 0.25) is 0 Å². The Labute approximate surface area is 101 Å². The maximum absolute atomic E-state index is 5.53. The van der Waals surface area contributed by atoms with Crippen LogP contribution in [0.2, 0.25) is 0 Å². The van der Waals surface area contributed by atoms with Gasteiger partial charge in [0.05, 0.1) is 5.52 Å². The lowest BCUT2D eigenvalue weighted by atomic mass is 10.3. The van der Waals surface area contributed by atoms with Crippen LogP contribution >= 0.6 is 12.2 Å². The summed E-state index contributed by atoms with van der Waals surface area (Å²) in [4.78, 5) is 4.44. The summed E-state index contributed by atoms with van der Waals surface area (Å²) in [6.45, 7) is 8.56. The minimum Gasteiger partial charge on any atom is -0.313 e. The first-order valence-corrected chi connectivity index (χ1v) is 6.02. The van der Waals surface area contributed by atoms with Crippen LogP contribution in [0.25, 0.3) is 11.2 Å². The van der Waals surface area contributed by atoms with Crippen molar-refractivity contribution in [2.75, 3.05) is 0 Å². The van der Waals surface area contributed by atoms with Gasteiger partial charge in [0.1, 0.15) is 0 Å². The Morgan fingerprint density at radius 2 is 1.75 bits per heavy atom. The molecular formula is C12H17N3S. The largest absolute Gasteiger partial charge is 0.313 e. The van der Waals surface area contributed by atoms with Gasteiger partial charge in [-0.15, -0.1) is 0 Å².